The molecular formula is C25H30N4O4S. The lowest BCUT2D eigenvalue weighted by Gasteiger charge is -2.36. The molecule has 2 aromatic rings. The Morgan fingerprint density at radius 3 is 2.24 bits per heavy atom. The van der Waals surface area contributed by atoms with E-state index in [1.165, 1.54) is 4.31 Å². The van der Waals surface area contributed by atoms with Gasteiger partial charge in [0.05, 0.1) is 30.2 Å². The Bertz CT molecular complexity index is 1140. The molecule has 4 rings (SSSR count). The monoisotopic (exact) mass is 482 g/mol. The van der Waals surface area contributed by atoms with Crippen LogP contribution in [0.3, 0.4) is 0 Å². The number of nitrogens with two attached hydrogens (primary N) is 1. The summed E-state index contributed by atoms with van der Waals surface area (Å²) in [6.07, 6.45) is 3.11. The van der Waals surface area contributed by atoms with Crippen LogP contribution in [0.25, 0.3) is 11.1 Å². The maximum atomic E-state index is 12.8. The number of likely N-dealkylation sites (tertiary alicyclic amines) is 1. The third kappa shape index (κ3) is 5.31. The van der Waals surface area contributed by atoms with Crippen LogP contribution >= 0.6 is 0 Å². The van der Waals surface area contributed by atoms with Crippen LogP contribution in [-0.4, -0.2) is 68.5 Å². The minimum atomic E-state index is -3.52. The van der Waals surface area contributed by atoms with Crippen molar-refractivity contribution in [2.24, 2.45) is 5.73 Å². The van der Waals surface area contributed by atoms with Crippen LogP contribution in [0.1, 0.15) is 24.8 Å². The van der Waals surface area contributed by atoms with Crippen LogP contribution in [0.4, 0.5) is 0 Å². The van der Waals surface area contributed by atoms with E-state index < -0.39 is 16.1 Å². The molecule has 0 saturated carbocycles. The van der Waals surface area contributed by atoms with Crippen LogP contribution in [0.2, 0.25) is 0 Å². The molecule has 0 aromatic heterocycles. The summed E-state index contributed by atoms with van der Waals surface area (Å²) in [6, 6.07) is 16.3. The summed E-state index contributed by atoms with van der Waals surface area (Å²) in [5.41, 5.74) is 8.44. The molecule has 0 bridgehead atoms. The molecule has 2 aromatic carbocycles. The number of carbonyl (C=O) groups excluding carboxylic acids is 1. The maximum Gasteiger partial charge on any atom is 0.243 e. The van der Waals surface area contributed by atoms with Gasteiger partial charge in [0.15, 0.2) is 0 Å². The number of amides is 1. The molecule has 180 valence electrons. The number of morpholine rings is 1. The average Bonchev–Trinajstić information content (AvgIpc) is 2.88. The average molecular weight is 483 g/mol. The highest BCUT2D eigenvalue weighted by Crippen LogP contribution is 2.25. The topological polar surface area (TPSA) is 117 Å². The van der Waals surface area contributed by atoms with Crippen LogP contribution in [0.15, 0.2) is 53.4 Å². The first kappa shape index (κ1) is 24.4. The van der Waals surface area contributed by atoms with Gasteiger partial charge in [0.2, 0.25) is 15.9 Å². The molecule has 2 heterocycles. The fourth-order valence-electron chi connectivity index (χ4n) is 4.68. The SMILES string of the molecule is N#C[C@H](Cc1ccc(-c2ccc(S(=O)(=O)N3CCOCC3)cc2)cc1)N1CCCCC1C(N)=O. The molecular weight excluding hydrogens is 452 g/mol. The van der Waals surface area contributed by atoms with Crippen LogP contribution < -0.4 is 5.73 Å². The first-order valence-corrected chi connectivity index (χ1v) is 13.1. The second-order valence-electron chi connectivity index (χ2n) is 8.74. The summed E-state index contributed by atoms with van der Waals surface area (Å²) in [6.45, 7) is 2.26. The number of nitrogens with zero attached hydrogens (tertiary/aromatic N) is 3. The van der Waals surface area contributed by atoms with Gasteiger partial charge in [-0.3, -0.25) is 9.69 Å². The molecule has 2 aliphatic heterocycles. The summed E-state index contributed by atoms with van der Waals surface area (Å²) in [5.74, 6) is -0.366. The second kappa shape index (κ2) is 10.7. The predicted octanol–water partition coefficient (Wildman–Crippen LogP) is 2.15. The largest absolute Gasteiger partial charge is 0.379 e. The Balaban J connectivity index is 1.45. The normalized spacial score (nSPS) is 21.0. The maximum absolute atomic E-state index is 12.8. The number of hydrogen-bond donors (Lipinski definition) is 1. The predicted molar refractivity (Wildman–Crippen MR) is 128 cm³/mol. The summed E-state index contributed by atoms with van der Waals surface area (Å²) >= 11 is 0. The van der Waals surface area contributed by atoms with Crippen molar-refractivity contribution in [2.75, 3.05) is 32.8 Å². The van der Waals surface area contributed by atoms with E-state index in [0.717, 1.165) is 29.5 Å². The number of hydrogen-bond acceptors (Lipinski definition) is 6. The van der Waals surface area contributed by atoms with Crippen LogP contribution in [0.5, 0.6) is 0 Å². The third-order valence-corrected chi connectivity index (χ3v) is 8.51. The lowest BCUT2D eigenvalue weighted by Crippen LogP contribution is -2.52. The molecule has 9 heteroatoms. The molecule has 2 saturated heterocycles. The number of piperidine rings is 1. The lowest BCUT2D eigenvalue weighted by atomic mass is 9.96. The van der Waals surface area contributed by atoms with Crippen molar-refractivity contribution in [3.63, 3.8) is 0 Å². The molecule has 1 unspecified atom stereocenters. The first-order valence-electron chi connectivity index (χ1n) is 11.6. The van der Waals surface area contributed by atoms with Crippen LogP contribution in [0, 0.1) is 11.3 Å². The van der Waals surface area contributed by atoms with E-state index in [-0.39, 0.29) is 16.8 Å². The molecule has 2 N–H and O–H groups in total. The second-order valence-corrected chi connectivity index (χ2v) is 10.7. The van der Waals surface area contributed by atoms with Crippen LogP contribution in [-0.2, 0) is 26.0 Å². The fourth-order valence-corrected chi connectivity index (χ4v) is 6.09. The van der Waals surface area contributed by atoms with Crippen molar-refractivity contribution in [3.05, 3.63) is 54.1 Å². The zero-order valence-electron chi connectivity index (χ0n) is 19.1. The van der Waals surface area contributed by atoms with Crippen molar-refractivity contribution >= 4 is 15.9 Å². The number of benzene rings is 2. The number of primary amides is 1. The number of sulfonamides is 1. The van der Waals surface area contributed by atoms with E-state index >= 15 is 0 Å². The van der Waals surface area contributed by atoms with E-state index in [1.807, 2.05) is 41.3 Å². The van der Waals surface area contributed by atoms with E-state index in [4.69, 9.17) is 10.5 Å². The minimum Gasteiger partial charge on any atom is -0.379 e. The van der Waals surface area contributed by atoms with Gasteiger partial charge < -0.3 is 10.5 Å². The summed E-state index contributed by atoms with van der Waals surface area (Å²) in [5, 5.41) is 9.75. The molecule has 34 heavy (non-hydrogen) atoms. The number of nitriles is 1. The quantitative estimate of drug-likeness (QED) is 0.646. The first-order chi connectivity index (χ1) is 16.4. The van der Waals surface area contributed by atoms with Crippen molar-refractivity contribution < 1.29 is 17.9 Å². The summed E-state index contributed by atoms with van der Waals surface area (Å²) < 4.78 is 32.3. The molecule has 2 aliphatic rings. The fraction of sp³-hybridized carbons (Fsp3) is 0.440. The highest BCUT2D eigenvalue weighted by molar-refractivity contribution is 7.89. The molecule has 8 nitrogen and oxygen atoms in total. The molecule has 2 fully saturated rings. The van der Waals surface area contributed by atoms with Gasteiger partial charge in [-0.15, -0.1) is 0 Å². The van der Waals surface area contributed by atoms with Gasteiger partial charge >= 0.3 is 0 Å². The van der Waals surface area contributed by atoms with Gasteiger partial charge in [0.1, 0.15) is 6.04 Å². The van der Waals surface area contributed by atoms with Gasteiger partial charge in [-0.25, -0.2) is 8.42 Å². The van der Waals surface area contributed by atoms with Gasteiger partial charge in [-0.05, 0) is 41.7 Å². The van der Waals surface area contributed by atoms with Gasteiger partial charge in [0.25, 0.3) is 0 Å². The van der Waals surface area contributed by atoms with E-state index in [9.17, 15) is 18.5 Å². The van der Waals surface area contributed by atoms with Crippen molar-refractivity contribution in [2.45, 2.75) is 42.7 Å². The molecule has 0 radical (unpaired) electrons. The Kier molecular flexibility index (Phi) is 7.63. The minimum absolute atomic E-state index is 0.275. The smallest absolute Gasteiger partial charge is 0.243 e. The van der Waals surface area contributed by atoms with E-state index in [2.05, 4.69) is 6.07 Å². The van der Waals surface area contributed by atoms with Gasteiger partial charge in [0, 0.05) is 26.1 Å². The van der Waals surface area contributed by atoms with Crippen molar-refractivity contribution in [3.8, 4) is 17.2 Å². The van der Waals surface area contributed by atoms with Gasteiger partial charge in [-0.2, -0.15) is 9.57 Å². The molecule has 0 spiro atoms. The number of carbonyl (C=O) groups is 1. The Morgan fingerprint density at radius 2 is 1.65 bits per heavy atom. The van der Waals surface area contributed by atoms with E-state index in [0.29, 0.717) is 45.7 Å². The highest BCUT2D eigenvalue weighted by atomic mass is 32.2. The standard InChI is InChI=1S/C25H30N4O4S/c26-18-22(29-12-2-1-3-24(29)25(27)30)17-19-4-6-20(7-5-19)21-8-10-23(11-9-21)34(31,32)28-13-15-33-16-14-28/h4-11,22,24H,1-3,12-17H2,(H2,27,30)/t22-,24?/m0/s1. The van der Waals surface area contributed by atoms with Crippen molar-refractivity contribution in [1.29, 1.82) is 5.26 Å². The molecule has 2 atom stereocenters. The highest BCUT2D eigenvalue weighted by Gasteiger charge is 2.32. The summed E-state index contributed by atoms with van der Waals surface area (Å²) in [4.78, 5) is 14.1. The Labute approximate surface area is 201 Å². The lowest BCUT2D eigenvalue weighted by molar-refractivity contribution is -0.125. The number of ether oxygens (including phenoxy) is 1. The van der Waals surface area contributed by atoms with Crippen molar-refractivity contribution in [1.82, 2.24) is 9.21 Å². The molecule has 0 aliphatic carbocycles. The zero-order chi connectivity index (χ0) is 24.1. The third-order valence-electron chi connectivity index (χ3n) is 6.60. The molecule has 1 amide bonds. The number of rotatable bonds is 7. The zero-order valence-corrected chi connectivity index (χ0v) is 19.9. The Morgan fingerprint density at radius 1 is 1.03 bits per heavy atom. The van der Waals surface area contributed by atoms with E-state index in [1.54, 1.807) is 12.1 Å². The Hall–Kier alpha value is -2.77. The summed E-state index contributed by atoms with van der Waals surface area (Å²) in [7, 11) is -3.52. The van der Waals surface area contributed by atoms with Gasteiger partial charge in [-0.1, -0.05) is 42.8 Å².